The van der Waals surface area contributed by atoms with E-state index in [1.165, 1.54) is 13.3 Å². The van der Waals surface area contributed by atoms with Crippen molar-refractivity contribution in [3.05, 3.63) is 34.9 Å². The Morgan fingerprint density at radius 3 is 2.52 bits per heavy atom. The molecule has 4 nitrogen and oxygen atoms in total. The van der Waals surface area contributed by atoms with Crippen molar-refractivity contribution < 1.29 is 13.2 Å². The van der Waals surface area contributed by atoms with Crippen LogP contribution in [0.15, 0.2) is 18.2 Å². The molecule has 0 aromatic heterocycles. The van der Waals surface area contributed by atoms with Gasteiger partial charge in [0, 0.05) is 6.04 Å². The number of benzene rings is 1. The minimum absolute atomic E-state index is 0.0836. The van der Waals surface area contributed by atoms with E-state index in [0.717, 1.165) is 42.4 Å². The minimum atomic E-state index is -3.51. The van der Waals surface area contributed by atoms with Gasteiger partial charge in [0.25, 0.3) is 0 Å². The molecular weight excluding hydrogens is 310 g/mol. The van der Waals surface area contributed by atoms with Gasteiger partial charge in [0.05, 0.1) is 5.75 Å². The topological polar surface area (TPSA) is 63.2 Å². The Hall–Kier alpha value is -1.36. The summed E-state index contributed by atoms with van der Waals surface area (Å²) in [5.41, 5.74) is 2.75. The Morgan fingerprint density at radius 2 is 1.87 bits per heavy atom. The van der Waals surface area contributed by atoms with Crippen LogP contribution < -0.4 is 5.32 Å². The van der Waals surface area contributed by atoms with Gasteiger partial charge >= 0.3 is 0 Å². The highest BCUT2D eigenvalue weighted by Gasteiger charge is 2.30. The molecule has 0 saturated heterocycles. The zero-order chi connectivity index (χ0) is 17.0. The van der Waals surface area contributed by atoms with Crippen molar-refractivity contribution >= 4 is 15.7 Å². The smallest absolute Gasteiger partial charge is 0.238 e. The van der Waals surface area contributed by atoms with E-state index in [-0.39, 0.29) is 17.7 Å². The van der Waals surface area contributed by atoms with Crippen LogP contribution in [-0.2, 0) is 20.4 Å². The molecule has 1 aromatic rings. The predicted molar refractivity (Wildman–Crippen MR) is 93.0 cm³/mol. The van der Waals surface area contributed by atoms with Gasteiger partial charge in [0.2, 0.25) is 5.91 Å². The maximum Gasteiger partial charge on any atom is 0.238 e. The number of sulfone groups is 1. The van der Waals surface area contributed by atoms with Crippen LogP contribution in [0, 0.1) is 13.8 Å². The normalized spacial score (nSPS) is 17.7. The highest BCUT2D eigenvalue weighted by Crippen LogP contribution is 2.20. The lowest BCUT2D eigenvalue weighted by atomic mass is 9.95. The molecule has 1 atom stereocenters. The van der Waals surface area contributed by atoms with E-state index in [2.05, 4.69) is 5.32 Å². The Morgan fingerprint density at radius 1 is 1.22 bits per heavy atom. The number of carbonyl (C=O) groups is 1. The molecule has 5 heteroatoms. The molecule has 1 aliphatic rings. The van der Waals surface area contributed by atoms with Gasteiger partial charge in [0.15, 0.2) is 9.84 Å². The van der Waals surface area contributed by atoms with Gasteiger partial charge in [0.1, 0.15) is 5.25 Å². The van der Waals surface area contributed by atoms with Gasteiger partial charge in [-0.3, -0.25) is 4.79 Å². The molecule has 0 heterocycles. The van der Waals surface area contributed by atoms with Crippen molar-refractivity contribution in [2.45, 2.75) is 69.9 Å². The van der Waals surface area contributed by atoms with Crippen LogP contribution in [-0.4, -0.2) is 25.6 Å². The standard InChI is InChI=1S/C18H27NO3S/c1-13-9-10-14(2)16(11-13)12-23(21,22)15(3)18(20)19-17-7-5-4-6-8-17/h9-11,15,17H,4-8,12H2,1-3H3,(H,19,20)/t15-/m0/s1. The highest BCUT2D eigenvalue weighted by molar-refractivity contribution is 7.92. The summed E-state index contributed by atoms with van der Waals surface area (Å²) < 4.78 is 25.2. The third-order valence-electron chi connectivity index (χ3n) is 4.72. The molecule has 0 aliphatic heterocycles. The van der Waals surface area contributed by atoms with Crippen LogP contribution in [0.3, 0.4) is 0 Å². The summed E-state index contributed by atoms with van der Waals surface area (Å²) in [5, 5.41) is 1.91. The third-order valence-corrected chi connectivity index (χ3v) is 6.73. The Kier molecular flexibility index (Phi) is 5.84. The van der Waals surface area contributed by atoms with Crippen LogP contribution in [0.1, 0.15) is 55.7 Å². The molecule has 0 radical (unpaired) electrons. The third kappa shape index (κ3) is 4.80. The number of nitrogens with one attached hydrogen (secondary N) is 1. The highest BCUT2D eigenvalue weighted by atomic mass is 32.2. The molecule has 0 unspecified atom stereocenters. The summed E-state index contributed by atoms with van der Waals surface area (Å²) in [7, 11) is -3.51. The van der Waals surface area contributed by atoms with Crippen molar-refractivity contribution in [2.75, 3.05) is 0 Å². The summed E-state index contributed by atoms with van der Waals surface area (Å²) >= 11 is 0. The molecule has 1 aromatic carbocycles. The summed E-state index contributed by atoms with van der Waals surface area (Å²) in [6, 6.07) is 5.91. The van der Waals surface area contributed by atoms with Crippen molar-refractivity contribution in [1.82, 2.24) is 5.32 Å². The first-order chi connectivity index (χ1) is 10.8. The molecule has 1 amide bonds. The number of hydrogen-bond acceptors (Lipinski definition) is 3. The first-order valence-electron chi connectivity index (χ1n) is 8.37. The average Bonchev–Trinajstić information content (AvgIpc) is 2.51. The van der Waals surface area contributed by atoms with Crippen molar-refractivity contribution in [1.29, 1.82) is 0 Å². The monoisotopic (exact) mass is 337 g/mol. The molecule has 1 N–H and O–H groups in total. The van der Waals surface area contributed by atoms with E-state index in [1.54, 1.807) is 0 Å². The van der Waals surface area contributed by atoms with E-state index in [0.29, 0.717) is 0 Å². The molecule has 1 saturated carbocycles. The summed E-state index contributed by atoms with van der Waals surface area (Å²) in [4.78, 5) is 12.3. The predicted octanol–water partition coefficient (Wildman–Crippen LogP) is 3.06. The van der Waals surface area contributed by atoms with E-state index in [9.17, 15) is 13.2 Å². The zero-order valence-electron chi connectivity index (χ0n) is 14.3. The van der Waals surface area contributed by atoms with Gasteiger partial charge in [-0.05, 0) is 44.7 Å². The van der Waals surface area contributed by atoms with E-state index in [4.69, 9.17) is 0 Å². The van der Waals surface area contributed by atoms with Crippen LogP contribution in [0.25, 0.3) is 0 Å². The maximum atomic E-state index is 12.6. The quantitative estimate of drug-likeness (QED) is 0.898. The first kappa shape index (κ1) is 18.0. The van der Waals surface area contributed by atoms with E-state index < -0.39 is 15.1 Å². The van der Waals surface area contributed by atoms with Gasteiger partial charge in [-0.25, -0.2) is 8.42 Å². The van der Waals surface area contributed by atoms with Gasteiger partial charge in [-0.1, -0.05) is 43.0 Å². The fraction of sp³-hybridized carbons (Fsp3) is 0.611. The average molecular weight is 337 g/mol. The number of aryl methyl sites for hydroxylation is 2. The van der Waals surface area contributed by atoms with E-state index >= 15 is 0 Å². The zero-order valence-corrected chi connectivity index (χ0v) is 15.1. The molecule has 0 spiro atoms. The molecule has 1 fully saturated rings. The second-order valence-corrected chi connectivity index (χ2v) is 9.04. The summed E-state index contributed by atoms with van der Waals surface area (Å²) in [5.74, 6) is -0.443. The lowest BCUT2D eigenvalue weighted by molar-refractivity contribution is -0.121. The van der Waals surface area contributed by atoms with E-state index in [1.807, 2.05) is 32.0 Å². The number of carbonyl (C=O) groups excluding carboxylic acids is 1. The van der Waals surface area contributed by atoms with Crippen LogP contribution >= 0.6 is 0 Å². The second kappa shape index (κ2) is 7.47. The summed E-state index contributed by atoms with van der Waals surface area (Å²) in [6.07, 6.45) is 5.32. The van der Waals surface area contributed by atoms with Gasteiger partial charge < -0.3 is 5.32 Å². The molecule has 0 bridgehead atoms. The fourth-order valence-electron chi connectivity index (χ4n) is 3.03. The largest absolute Gasteiger partial charge is 0.352 e. The molecular formula is C18H27NO3S. The first-order valence-corrected chi connectivity index (χ1v) is 10.1. The van der Waals surface area contributed by atoms with Crippen LogP contribution in [0.4, 0.5) is 0 Å². The maximum absolute atomic E-state index is 12.6. The Bertz CT molecular complexity index is 661. The SMILES string of the molecule is Cc1ccc(C)c(CS(=O)(=O)[C@@H](C)C(=O)NC2CCCCC2)c1. The molecule has 2 rings (SSSR count). The van der Waals surface area contributed by atoms with Crippen LogP contribution in [0.5, 0.6) is 0 Å². The van der Waals surface area contributed by atoms with Crippen LogP contribution in [0.2, 0.25) is 0 Å². The molecule has 1 aliphatic carbocycles. The van der Waals surface area contributed by atoms with Crippen molar-refractivity contribution in [3.63, 3.8) is 0 Å². The molecule has 23 heavy (non-hydrogen) atoms. The molecule has 128 valence electrons. The number of hydrogen-bond donors (Lipinski definition) is 1. The fourth-order valence-corrected chi connectivity index (χ4v) is 4.41. The van der Waals surface area contributed by atoms with Crippen molar-refractivity contribution in [2.24, 2.45) is 0 Å². The van der Waals surface area contributed by atoms with Gasteiger partial charge in [-0.2, -0.15) is 0 Å². The minimum Gasteiger partial charge on any atom is -0.352 e. The number of amides is 1. The Labute approximate surface area is 139 Å². The number of rotatable bonds is 5. The van der Waals surface area contributed by atoms with Crippen molar-refractivity contribution in [3.8, 4) is 0 Å². The van der Waals surface area contributed by atoms with Gasteiger partial charge in [-0.15, -0.1) is 0 Å². The lowest BCUT2D eigenvalue weighted by Crippen LogP contribution is -2.44. The lowest BCUT2D eigenvalue weighted by Gasteiger charge is -2.24. The second-order valence-electron chi connectivity index (χ2n) is 6.72. The Balaban J connectivity index is 2.05. The summed E-state index contributed by atoms with van der Waals surface area (Å²) in [6.45, 7) is 5.34.